The maximum absolute atomic E-state index is 14.7. The number of hydrogen-bond donors (Lipinski definition) is 1. The Hall–Kier alpha value is -3.55. The van der Waals surface area contributed by atoms with Crippen molar-refractivity contribution in [3.8, 4) is 0 Å². The molecule has 0 spiro atoms. The second-order valence-corrected chi connectivity index (χ2v) is 35.3. The van der Waals surface area contributed by atoms with Crippen molar-refractivity contribution in [3.63, 3.8) is 0 Å². The van der Waals surface area contributed by atoms with Crippen LogP contribution in [0.4, 0.5) is 0 Å². The van der Waals surface area contributed by atoms with E-state index in [1.807, 2.05) is 9.80 Å². The summed E-state index contributed by atoms with van der Waals surface area (Å²) in [5.74, 6) is -1.44. The Morgan fingerprint density at radius 2 is 0.487 bits per heavy atom. The lowest BCUT2D eigenvalue weighted by molar-refractivity contribution is -0.154. The highest BCUT2D eigenvalue weighted by atomic mass is 16.5. The van der Waals surface area contributed by atoms with Gasteiger partial charge in [0.15, 0.2) is 0 Å². The average molecular weight is 1590 g/mol. The fraction of sp³-hybridized carbons (Fsp3) is 0.929. The van der Waals surface area contributed by atoms with Gasteiger partial charge in [0.25, 0.3) is 0 Å². The third-order valence-electron chi connectivity index (χ3n) is 24.2. The number of nitrogens with one attached hydrogen (secondary N) is 1. The van der Waals surface area contributed by atoms with E-state index >= 15 is 0 Å². The summed E-state index contributed by atoms with van der Waals surface area (Å²) in [4.78, 5) is 109. The molecular formula is C99H189N5O9. The van der Waals surface area contributed by atoms with Gasteiger partial charge in [-0.25, -0.2) is 0 Å². The molecule has 0 bridgehead atoms. The number of unbranched alkanes of at least 4 members (excludes halogenated alkanes) is 54. The van der Waals surface area contributed by atoms with Gasteiger partial charge in [0.2, 0.25) is 23.6 Å². The van der Waals surface area contributed by atoms with Gasteiger partial charge in [-0.15, -0.1) is 0 Å². The average Bonchev–Trinajstić information content (AvgIpc) is 0.836. The van der Waals surface area contributed by atoms with Gasteiger partial charge in [-0.05, 0) is 83.7 Å². The first-order valence-corrected chi connectivity index (χ1v) is 50.1. The monoisotopic (exact) mass is 1590 g/mol. The van der Waals surface area contributed by atoms with Crippen LogP contribution in [-0.2, 0) is 43.0 Å². The van der Waals surface area contributed by atoms with E-state index in [4.69, 9.17) is 9.47 Å². The minimum absolute atomic E-state index is 0.0247. The Labute approximate surface area is 699 Å². The SMILES string of the molecule is CCCCCCCCCCCCN(CCCCCCCCCCCC)C(=O)CCCC(=O)CC(COC(=O)CCCC(=O)N(CCCCCCCCCCCC)CCCCCCCCCCCC)(COC(=O)CCCC(=O)N(CCCCCCCCCCCC)CCCCCCCCCCCC)NC(=O)CCN1CCCCC1. The molecule has 1 heterocycles. The van der Waals surface area contributed by atoms with Gasteiger partial charge in [-0.2, -0.15) is 0 Å². The van der Waals surface area contributed by atoms with Gasteiger partial charge in [-0.3, -0.25) is 33.6 Å². The predicted molar refractivity (Wildman–Crippen MR) is 480 cm³/mol. The first-order chi connectivity index (χ1) is 55.4. The summed E-state index contributed by atoms with van der Waals surface area (Å²) >= 11 is 0. The molecule has 14 nitrogen and oxygen atoms in total. The van der Waals surface area contributed by atoms with E-state index < -0.39 is 30.7 Å². The van der Waals surface area contributed by atoms with Gasteiger partial charge < -0.3 is 34.4 Å². The van der Waals surface area contributed by atoms with Crippen LogP contribution in [0.2, 0.25) is 0 Å². The number of likely N-dealkylation sites (tertiary alicyclic amines) is 1. The maximum atomic E-state index is 14.7. The minimum atomic E-state index is -1.60. The Bertz CT molecular complexity index is 2010. The summed E-state index contributed by atoms with van der Waals surface area (Å²) in [6.07, 6.45) is 78.5. The molecule has 0 aromatic carbocycles. The van der Waals surface area contributed by atoms with Crippen molar-refractivity contribution in [2.45, 2.75) is 522 Å². The number of nitrogens with zero attached hydrogens (tertiary/aromatic N) is 4. The second kappa shape index (κ2) is 82.2. The molecule has 0 unspecified atom stereocenters. The van der Waals surface area contributed by atoms with Crippen LogP contribution in [0, 0.1) is 0 Å². The lowest BCUT2D eigenvalue weighted by Crippen LogP contribution is -2.57. The molecule has 1 aliphatic rings. The lowest BCUT2D eigenvalue weighted by atomic mass is 9.91. The van der Waals surface area contributed by atoms with Crippen molar-refractivity contribution in [1.29, 1.82) is 0 Å². The van der Waals surface area contributed by atoms with Crippen molar-refractivity contribution in [2.24, 2.45) is 0 Å². The number of esters is 2. The van der Waals surface area contributed by atoms with Crippen LogP contribution in [0.25, 0.3) is 0 Å². The molecule has 113 heavy (non-hydrogen) atoms. The summed E-state index contributed by atoms with van der Waals surface area (Å²) in [5.41, 5.74) is -1.60. The molecule has 1 N–H and O–H groups in total. The highest BCUT2D eigenvalue weighted by molar-refractivity contribution is 5.84. The van der Waals surface area contributed by atoms with Crippen LogP contribution in [0.15, 0.2) is 0 Å². The van der Waals surface area contributed by atoms with E-state index in [9.17, 15) is 33.6 Å². The topological polar surface area (TPSA) is 163 Å². The normalized spacial score (nSPS) is 12.5. The first kappa shape index (κ1) is 107. The summed E-state index contributed by atoms with van der Waals surface area (Å²) in [5, 5.41) is 3.16. The number of ketones is 1. The summed E-state index contributed by atoms with van der Waals surface area (Å²) in [6.45, 7) is 19.4. The molecule has 0 aromatic heterocycles. The summed E-state index contributed by atoms with van der Waals surface area (Å²) < 4.78 is 12.3. The standard InChI is InChI=1S/C99H189N5O9/c1-7-13-19-25-31-37-43-49-55-64-82-102(83-65-56-50-44-38-32-26-20-14-8-2)94(107)74-70-73-92(105)89-99(100-93(106)79-88-101-80-62-61-63-81-101,90-112-97(110)77-71-75-95(108)103(84-66-57-51-45-39-33-27-21-15-9-3)85-67-58-52-46-40-34-28-22-16-10-4)91-113-98(111)78-72-76-96(109)104(86-68-59-53-47-41-35-29-23-17-11-5)87-69-60-54-48-42-36-30-24-18-12-6/h7-91H2,1-6H3,(H,100,106). The van der Waals surface area contributed by atoms with Crippen LogP contribution in [-0.4, -0.2) is 139 Å². The van der Waals surface area contributed by atoms with Crippen LogP contribution in [0.3, 0.4) is 0 Å². The number of carbonyl (C=O) groups is 7. The molecule has 0 saturated carbocycles. The van der Waals surface area contributed by atoms with E-state index in [-0.39, 0.29) is 80.8 Å². The number of Topliss-reactive ketones (excluding diaryl/α,β-unsaturated/α-hetero) is 1. The Morgan fingerprint density at radius 3 is 0.726 bits per heavy atom. The van der Waals surface area contributed by atoms with E-state index in [0.29, 0.717) is 25.8 Å². The predicted octanol–water partition coefficient (Wildman–Crippen LogP) is 27.3. The molecular weight excluding hydrogens is 1400 g/mol. The highest BCUT2D eigenvalue weighted by Crippen LogP contribution is 2.24. The third-order valence-corrected chi connectivity index (χ3v) is 24.2. The maximum Gasteiger partial charge on any atom is 0.305 e. The zero-order valence-corrected chi connectivity index (χ0v) is 76.1. The number of piperidine rings is 1. The number of carbonyl (C=O) groups excluding carboxylic acids is 7. The fourth-order valence-electron chi connectivity index (χ4n) is 16.6. The van der Waals surface area contributed by atoms with E-state index in [1.54, 1.807) is 0 Å². The molecule has 1 fully saturated rings. The molecule has 1 saturated heterocycles. The molecule has 14 heteroatoms. The fourth-order valence-corrected chi connectivity index (χ4v) is 16.6. The Kier molecular flexibility index (Phi) is 78.1. The van der Waals surface area contributed by atoms with Crippen LogP contribution in [0.5, 0.6) is 0 Å². The minimum Gasteiger partial charge on any atom is -0.463 e. The third kappa shape index (κ3) is 69.0. The second-order valence-electron chi connectivity index (χ2n) is 35.3. The van der Waals surface area contributed by atoms with Crippen LogP contribution in [0.1, 0.15) is 517 Å². The Morgan fingerprint density at radius 1 is 0.265 bits per heavy atom. The number of amides is 4. The summed E-state index contributed by atoms with van der Waals surface area (Å²) in [7, 11) is 0. The Balaban J connectivity index is 3.50. The van der Waals surface area contributed by atoms with Crippen molar-refractivity contribution in [1.82, 2.24) is 24.9 Å². The molecule has 4 amide bonds. The van der Waals surface area contributed by atoms with Crippen molar-refractivity contribution in [3.05, 3.63) is 0 Å². The van der Waals surface area contributed by atoms with Crippen molar-refractivity contribution in [2.75, 3.05) is 72.1 Å². The molecule has 664 valence electrons. The molecule has 0 aromatic rings. The number of ether oxygens (including phenoxy) is 2. The van der Waals surface area contributed by atoms with Gasteiger partial charge in [0, 0.05) is 97.2 Å². The van der Waals surface area contributed by atoms with E-state index in [0.717, 1.165) is 149 Å². The van der Waals surface area contributed by atoms with E-state index in [1.165, 1.54) is 308 Å². The molecule has 0 atom stereocenters. The van der Waals surface area contributed by atoms with Crippen LogP contribution < -0.4 is 5.32 Å². The molecule has 1 aliphatic heterocycles. The van der Waals surface area contributed by atoms with Gasteiger partial charge in [0.05, 0.1) is 0 Å². The van der Waals surface area contributed by atoms with Gasteiger partial charge >= 0.3 is 11.9 Å². The lowest BCUT2D eigenvalue weighted by Gasteiger charge is -2.34. The largest absolute Gasteiger partial charge is 0.463 e. The van der Waals surface area contributed by atoms with Gasteiger partial charge in [0.1, 0.15) is 24.5 Å². The zero-order chi connectivity index (χ0) is 82.1. The summed E-state index contributed by atoms with van der Waals surface area (Å²) in [6, 6.07) is 0. The number of hydrogen-bond acceptors (Lipinski definition) is 10. The van der Waals surface area contributed by atoms with E-state index in [2.05, 4.69) is 56.7 Å². The zero-order valence-electron chi connectivity index (χ0n) is 76.1. The quantitative estimate of drug-likeness (QED) is 0.0458. The molecule has 0 aliphatic carbocycles. The van der Waals surface area contributed by atoms with Gasteiger partial charge in [-0.1, -0.05) is 395 Å². The smallest absolute Gasteiger partial charge is 0.305 e. The highest BCUT2D eigenvalue weighted by Gasteiger charge is 2.38. The molecule has 0 radical (unpaired) electrons. The first-order valence-electron chi connectivity index (χ1n) is 50.1. The number of rotatable bonds is 88. The molecule has 1 rings (SSSR count). The van der Waals surface area contributed by atoms with Crippen molar-refractivity contribution >= 4 is 41.4 Å². The van der Waals surface area contributed by atoms with Crippen LogP contribution >= 0.6 is 0 Å². The van der Waals surface area contributed by atoms with Crippen molar-refractivity contribution < 1.29 is 43.0 Å².